The van der Waals surface area contributed by atoms with Crippen molar-refractivity contribution in [2.75, 3.05) is 33.3 Å². The Morgan fingerprint density at radius 2 is 1.81 bits per heavy atom. The van der Waals surface area contributed by atoms with Gasteiger partial charge in [-0.25, -0.2) is 0 Å². The normalized spacial score (nSPS) is 16.7. The van der Waals surface area contributed by atoms with Crippen molar-refractivity contribution in [1.29, 1.82) is 0 Å². The van der Waals surface area contributed by atoms with Crippen LogP contribution in [0.5, 0.6) is 11.5 Å². The molecule has 2 aliphatic rings. The van der Waals surface area contributed by atoms with Crippen LogP contribution in [-0.2, 0) is 11.4 Å². The third-order valence-corrected chi connectivity index (χ3v) is 6.30. The molecule has 166 valence electrons. The lowest BCUT2D eigenvalue weighted by atomic mass is 9.84. The molecule has 2 amide bonds. The van der Waals surface area contributed by atoms with E-state index in [-0.39, 0.29) is 17.7 Å². The number of carbonyl (C=O) groups excluding carboxylic acids is 2. The fourth-order valence-electron chi connectivity index (χ4n) is 4.00. The first-order valence-electron chi connectivity index (χ1n) is 10.8. The van der Waals surface area contributed by atoms with E-state index in [2.05, 4.69) is 5.16 Å². The molecule has 0 N–H and O–H groups in total. The van der Waals surface area contributed by atoms with Gasteiger partial charge in [-0.05, 0) is 44.9 Å². The number of nitrogens with zero attached hydrogens (tertiary/aromatic N) is 3. The van der Waals surface area contributed by atoms with Crippen molar-refractivity contribution in [3.05, 3.63) is 40.8 Å². The molecule has 8 heteroatoms. The minimum atomic E-state index is -0.0636. The molecule has 2 fully saturated rings. The highest BCUT2D eigenvalue weighted by Crippen LogP contribution is 2.31. The van der Waals surface area contributed by atoms with Crippen LogP contribution in [0.3, 0.4) is 0 Å². The smallest absolute Gasteiger partial charge is 0.254 e. The first kappa shape index (κ1) is 21.2. The summed E-state index contributed by atoms with van der Waals surface area (Å²) >= 11 is 0. The Kier molecular flexibility index (Phi) is 6.15. The van der Waals surface area contributed by atoms with Crippen molar-refractivity contribution in [2.24, 2.45) is 5.92 Å². The second kappa shape index (κ2) is 8.99. The summed E-state index contributed by atoms with van der Waals surface area (Å²) in [4.78, 5) is 29.1. The average molecular weight is 428 g/mol. The number of benzene rings is 1. The summed E-state index contributed by atoms with van der Waals surface area (Å²) in [7, 11) is 1.55. The molecule has 1 aromatic heterocycles. The number of hydrogen-bond acceptors (Lipinski definition) is 6. The standard InChI is InChI=1S/C23H29N3O5/c1-15-19(16(2)31-24-15)14-30-20-8-7-18(13-21(20)29-3)23(28)26-11-9-25(10-12-26)22(27)17-5-4-6-17/h7-8,13,17H,4-6,9-12,14H2,1-3H3. The second-order valence-electron chi connectivity index (χ2n) is 8.20. The lowest BCUT2D eigenvalue weighted by molar-refractivity contribution is -0.139. The second-order valence-corrected chi connectivity index (χ2v) is 8.20. The van der Waals surface area contributed by atoms with Gasteiger partial charge in [0.1, 0.15) is 12.4 Å². The van der Waals surface area contributed by atoms with Gasteiger partial charge in [0.05, 0.1) is 18.4 Å². The molecular weight excluding hydrogens is 398 g/mol. The highest BCUT2D eigenvalue weighted by molar-refractivity contribution is 5.95. The Bertz CT molecular complexity index is 939. The van der Waals surface area contributed by atoms with Gasteiger partial charge in [-0.2, -0.15) is 0 Å². The third kappa shape index (κ3) is 4.38. The lowest BCUT2D eigenvalue weighted by Crippen LogP contribution is -2.52. The number of aromatic nitrogens is 1. The van der Waals surface area contributed by atoms with Crippen LogP contribution in [0.4, 0.5) is 0 Å². The van der Waals surface area contributed by atoms with Gasteiger partial charge in [-0.1, -0.05) is 11.6 Å². The van der Waals surface area contributed by atoms with Crippen LogP contribution in [0.15, 0.2) is 22.7 Å². The maximum Gasteiger partial charge on any atom is 0.254 e. The molecule has 2 aromatic rings. The minimum absolute atomic E-state index is 0.0636. The number of aryl methyl sites for hydroxylation is 2. The van der Waals surface area contributed by atoms with Crippen LogP contribution in [0.1, 0.15) is 46.6 Å². The molecule has 2 heterocycles. The van der Waals surface area contributed by atoms with E-state index in [4.69, 9.17) is 14.0 Å². The maximum atomic E-state index is 13.0. The Morgan fingerprint density at radius 3 is 2.39 bits per heavy atom. The first-order chi connectivity index (χ1) is 15.0. The molecule has 1 saturated carbocycles. The van der Waals surface area contributed by atoms with Crippen molar-refractivity contribution < 1.29 is 23.6 Å². The summed E-state index contributed by atoms with van der Waals surface area (Å²) in [5.41, 5.74) is 2.23. The lowest BCUT2D eigenvalue weighted by Gasteiger charge is -2.38. The largest absolute Gasteiger partial charge is 0.493 e. The number of hydrogen-bond donors (Lipinski definition) is 0. The Labute approximate surface area is 182 Å². The van der Waals surface area contributed by atoms with E-state index in [1.165, 1.54) is 0 Å². The van der Waals surface area contributed by atoms with E-state index in [0.717, 1.165) is 36.3 Å². The minimum Gasteiger partial charge on any atom is -0.493 e. The van der Waals surface area contributed by atoms with Crippen LogP contribution in [0, 0.1) is 19.8 Å². The van der Waals surface area contributed by atoms with Gasteiger partial charge >= 0.3 is 0 Å². The molecular formula is C23H29N3O5. The molecule has 0 spiro atoms. The molecule has 0 atom stereocenters. The average Bonchev–Trinajstić information content (AvgIpc) is 3.07. The van der Waals surface area contributed by atoms with Crippen molar-refractivity contribution in [2.45, 2.75) is 39.7 Å². The summed E-state index contributed by atoms with van der Waals surface area (Å²) in [6.45, 7) is 6.30. The van der Waals surface area contributed by atoms with Crippen LogP contribution in [0.2, 0.25) is 0 Å². The fourth-order valence-corrected chi connectivity index (χ4v) is 4.00. The number of rotatable bonds is 6. The van der Waals surface area contributed by atoms with Gasteiger partial charge in [0.2, 0.25) is 5.91 Å². The quantitative estimate of drug-likeness (QED) is 0.705. The van der Waals surface area contributed by atoms with Crippen molar-refractivity contribution in [1.82, 2.24) is 15.0 Å². The molecule has 1 aliphatic carbocycles. The summed E-state index contributed by atoms with van der Waals surface area (Å²) in [5, 5.41) is 3.93. The number of ether oxygens (including phenoxy) is 2. The van der Waals surface area contributed by atoms with Crippen molar-refractivity contribution >= 4 is 11.8 Å². The summed E-state index contributed by atoms with van der Waals surface area (Å²) in [5.74, 6) is 2.15. The Morgan fingerprint density at radius 1 is 1.10 bits per heavy atom. The predicted molar refractivity (Wildman–Crippen MR) is 113 cm³/mol. The summed E-state index contributed by atoms with van der Waals surface area (Å²) in [6.07, 6.45) is 3.15. The van der Waals surface area contributed by atoms with E-state index >= 15 is 0 Å². The van der Waals surface area contributed by atoms with Crippen LogP contribution >= 0.6 is 0 Å². The molecule has 8 nitrogen and oxygen atoms in total. The molecule has 31 heavy (non-hydrogen) atoms. The highest BCUT2D eigenvalue weighted by atomic mass is 16.5. The summed E-state index contributed by atoms with van der Waals surface area (Å²) in [6, 6.07) is 5.21. The van der Waals surface area contributed by atoms with Gasteiger partial charge in [0.25, 0.3) is 5.91 Å². The number of methoxy groups -OCH3 is 1. The SMILES string of the molecule is COc1cc(C(=O)N2CCN(C(=O)C3CCC3)CC2)ccc1OCc1c(C)noc1C. The van der Waals surface area contributed by atoms with Crippen molar-refractivity contribution in [3.63, 3.8) is 0 Å². The molecule has 4 rings (SSSR count). The first-order valence-corrected chi connectivity index (χ1v) is 10.8. The molecule has 1 saturated heterocycles. The fraction of sp³-hybridized carbons (Fsp3) is 0.522. The van der Waals surface area contributed by atoms with Gasteiger partial charge in [0.15, 0.2) is 11.5 Å². The maximum absolute atomic E-state index is 13.0. The van der Waals surface area contributed by atoms with Gasteiger partial charge < -0.3 is 23.8 Å². The van der Waals surface area contributed by atoms with E-state index in [1.54, 1.807) is 30.2 Å². The van der Waals surface area contributed by atoms with Gasteiger partial charge in [0, 0.05) is 37.7 Å². The molecule has 1 aliphatic heterocycles. The Balaban J connectivity index is 1.38. The molecule has 1 aromatic carbocycles. The number of piperazine rings is 1. The number of amides is 2. The zero-order valence-electron chi connectivity index (χ0n) is 18.3. The zero-order chi connectivity index (χ0) is 22.0. The van der Waals surface area contributed by atoms with E-state index in [9.17, 15) is 9.59 Å². The topological polar surface area (TPSA) is 85.1 Å². The van der Waals surface area contributed by atoms with Gasteiger partial charge in [-0.3, -0.25) is 9.59 Å². The van der Waals surface area contributed by atoms with Crippen LogP contribution < -0.4 is 9.47 Å². The van der Waals surface area contributed by atoms with E-state index in [1.807, 2.05) is 18.7 Å². The third-order valence-electron chi connectivity index (χ3n) is 6.30. The Hall–Kier alpha value is -3.03. The number of carbonyl (C=O) groups is 2. The predicted octanol–water partition coefficient (Wildman–Crippen LogP) is 2.96. The van der Waals surface area contributed by atoms with Gasteiger partial charge in [-0.15, -0.1) is 0 Å². The highest BCUT2D eigenvalue weighted by Gasteiger charge is 2.32. The van der Waals surface area contributed by atoms with E-state index in [0.29, 0.717) is 49.8 Å². The molecule has 0 radical (unpaired) electrons. The molecule has 0 bridgehead atoms. The van der Waals surface area contributed by atoms with E-state index < -0.39 is 0 Å². The van der Waals surface area contributed by atoms with Crippen molar-refractivity contribution in [3.8, 4) is 11.5 Å². The molecule has 0 unspecified atom stereocenters. The van der Waals surface area contributed by atoms with Crippen LogP contribution in [0.25, 0.3) is 0 Å². The monoisotopic (exact) mass is 427 g/mol. The van der Waals surface area contributed by atoms with Crippen LogP contribution in [-0.4, -0.2) is 60.1 Å². The summed E-state index contributed by atoms with van der Waals surface area (Å²) < 4.78 is 16.5. The zero-order valence-corrected chi connectivity index (χ0v) is 18.3.